The zero-order valence-electron chi connectivity index (χ0n) is 11.7. The predicted molar refractivity (Wildman–Crippen MR) is 81.4 cm³/mol. The van der Waals surface area contributed by atoms with Gasteiger partial charge in [-0.25, -0.2) is 0 Å². The van der Waals surface area contributed by atoms with Crippen molar-refractivity contribution in [2.24, 2.45) is 0 Å². The number of nitrogens with one attached hydrogen (secondary N) is 2. The number of benzene rings is 2. The van der Waals surface area contributed by atoms with Crippen molar-refractivity contribution < 1.29 is 9.47 Å². The van der Waals surface area contributed by atoms with Crippen molar-refractivity contribution in [3.63, 3.8) is 0 Å². The lowest BCUT2D eigenvalue weighted by Crippen LogP contribution is -2.22. The fraction of sp³-hybridized carbons (Fsp3) is 0.125. The van der Waals surface area contributed by atoms with Gasteiger partial charge in [-0.05, 0) is 24.3 Å². The molecule has 3 aromatic rings. The van der Waals surface area contributed by atoms with Crippen molar-refractivity contribution in [1.82, 2.24) is 15.2 Å². The quantitative estimate of drug-likeness (QED) is 0.776. The molecule has 1 aliphatic rings. The van der Waals surface area contributed by atoms with Crippen molar-refractivity contribution in [2.75, 3.05) is 11.9 Å². The van der Waals surface area contributed by atoms with Crippen LogP contribution in [0.1, 0.15) is 11.9 Å². The van der Waals surface area contributed by atoms with Crippen LogP contribution in [0.25, 0.3) is 0 Å². The highest BCUT2D eigenvalue weighted by atomic mass is 16.6. The topological polar surface area (TPSA) is 72.1 Å². The summed E-state index contributed by atoms with van der Waals surface area (Å²) in [6.07, 6.45) is -0.297. The Kier molecular flexibility index (Phi) is 3.12. The average molecular weight is 294 g/mol. The van der Waals surface area contributed by atoms with Gasteiger partial charge in [-0.1, -0.05) is 30.3 Å². The summed E-state index contributed by atoms with van der Waals surface area (Å²) < 4.78 is 11.6. The fourth-order valence-corrected chi connectivity index (χ4v) is 2.28. The maximum absolute atomic E-state index is 5.89. The van der Waals surface area contributed by atoms with Crippen LogP contribution in [0.15, 0.2) is 54.6 Å². The van der Waals surface area contributed by atoms with Gasteiger partial charge in [0.15, 0.2) is 23.4 Å². The van der Waals surface area contributed by atoms with Gasteiger partial charge in [0.05, 0.1) is 0 Å². The number of nitrogens with zero attached hydrogens (tertiary/aromatic N) is 2. The number of para-hydroxylation sites is 3. The summed E-state index contributed by atoms with van der Waals surface area (Å²) in [5, 5.41) is 10.2. The van der Waals surface area contributed by atoms with E-state index in [9.17, 15) is 0 Å². The van der Waals surface area contributed by atoms with Gasteiger partial charge >= 0.3 is 0 Å². The molecule has 1 aliphatic heterocycles. The van der Waals surface area contributed by atoms with Crippen LogP contribution in [0.4, 0.5) is 11.6 Å². The Labute approximate surface area is 127 Å². The SMILES string of the molecule is c1ccc(Nc2n[nH]c(C3COc4ccccc4O3)n2)cc1. The van der Waals surface area contributed by atoms with E-state index in [-0.39, 0.29) is 6.10 Å². The second-order valence-corrected chi connectivity index (χ2v) is 4.90. The van der Waals surface area contributed by atoms with Crippen LogP contribution in [0.2, 0.25) is 0 Å². The molecule has 1 atom stereocenters. The molecule has 0 spiro atoms. The number of anilines is 2. The summed E-state index contributed by atoms with van der Waals surface area (Å²) in [5.74, 6) is 2.60. The standard InChI is InChI=1S/C16H14N4O2/c1-2-6-11(7-3-1)17-16-18-15(19-20-16)14-10-21-12-8-4-5-9-13(12)22-14/h1-9,14H,10H2,(H2,17,18,19,20). The van der Waals surface area contributed by atoms with Crippen LogP contribution in [-0.4, -0.2) is 21.8 Å². The number of hydrogen-bond acceptors (Lipinski definition) is 5. The van der Waals surface area contributed by atoms with Crippen molar-refractivity contribution in [3.8, 4) is 11.5 Å². The van der Waals surface area contributed by atoms with E-state index in [0.717, 1.165) is 11.4 Å². The zero-order valence-corrected chi connectivity index (χ0v) is 11.7. The second-order valence-electron chi connectivity index (χ2n) is 4.90. The zero-order chi connectivity index (χ0) is 14.8. The van der Waals surface area contributed by atoms with Crippen molar-refractivity contribution in [3.05, 3.63) is 60.4 Å². The lowest BCUT2D eigenvalue weighted by molar-refractivity contribution is 0.0853. The Bertz CT molecular complexity index is 773. The second kappa shape index (κ2) is 5.40. The molecule has 1 aromatic heterocycles. The molecule has 6 nitrogen and oxygen atoms in total. The van der Waals surface area contributed by atoms with Gasteiger partial charge in [0.2, 0.25) is 5.95 Å². The molecule has 2 heterocycles. The normalized spacial score (nSPS) is 16.3. The lowest BCUT2D eigenvalue weighted by atomic mass is 10.2. The summed E-state index contributed by atoms with van der Waals surface area (Å²) in [4.78, 5) is 4.42. The van der Waals surface area contributed by atoms with Gasteiger partial charge in [-0.2, -0.15) is 4.98 Å². The Morgan fingerprint density at radius 1 is 1.00 bits per heavy atom. The van der Waals surface area contributed by atoms with Gasteiger partial charge in [-0.15, -0.1) is 5.10 Å². The fourth-order valence-electron chi connectivity index (χ4n) is 2.28. The van der Waals surface area contributed by atoms with Crippen LogP contribution < -0.4 is 14.8 Å². The van der Waals surface area contributed by atoms with Crippen LogP contribution in [0.3, 0.4) is 0 Å². The minimum atomic E-state index is -0.297. The molecule has 1 unspecified atom stereocenters. The van der Waals surface area contributed by atoms with E-state index in [1.54, 1.807) is 0 Å². The highest BCUT2D eigenvalue weighted by Gasteiger charge is 2.25. The molecular weight excluding hydrogens is 280 g/mol. The third kappa shape index (κ3) is 2.46. The van der Waals surface area contributed by atoms with Gasteiger partial charge < -0.3 is 14.8 Å². The van der Waals surface area contributed by atoms with Crippen LogP contribution in [-0.2, 0) is 0 Å². The van der Waals surface area contributed by atoms with Crippen molar-refractivity contribution in [2.45, 2.75) is 6.10 Å². The molecule has 0 aliphatic carbocycles. The number of aromatic nitrogens is 3. The van der Waals surface area contributed by atoms with E-state index in [1.165, 1.54) is 0 Å². The third-order valence-electron chi connectivity index (χ3n) is 3.35. The molecule has 6 heteroatoms. The average Bonchev–Trinajstić information content (AvgIpc) is 3.04. The lowest BCUT2D eigenvalue weighted by Gasteiger charge is -2.24. The summed E-state index contributed by atoms with van der Waals surface area (Å²) in [6, 6.07) is 17.3. The van der Waals surface area contributed by atoms with Crippen molar-refractivity contribution in [1.29, 1.82) is 0 Å². The number of fused-ring (bicyclic) bond motifs is 1. The Balaban J connectivity index is 1.51. The largest absolute Gasteiger partial charge is 0.485 e. The number of rotatable bonds is 3. The molecular formula is C16H14N4O2. The maximum atomic E-state index is 5.89. The highest BCUT2D eigenvalue weighted by molar-refractivity contribution is 5.52. The smallest absolute Gasteiger partial charge is 0.246 e. The monoisotopic (exact) mass is 294 g/mol. The minimum Gasteiger partial charge on any atom is -0.485 e. The van der Waals surface area contributed by atoms with E-state index in [0.29, 0.717) is 24.1 Å². The van der Waals surface area contributed by atoms with E-state index in [2.05, 4.69) is 20.5 Å². The Morgan fingerprint density at radius 3 is 2.64 bits per heavy atom. The summed E-state index contributed by atoms with van der Waals surface area (Å²) >= 11 is 0. The molecule has 0 saturated carbocycles. The molecule has 0 radical (unpaired) electrons. The maximum Gasteiger partial charge on any atom is 0.246 e. The van der Waals surface area contributed by atoms with Crippen molar-refractivity contribution >= 4 is 11.6 Å². The number of H-pyrrole nitrogens is 1. The van der Waals surface area contributed by atoms with E-state index < -0.39 is 0 Å². The summed E-state index contributed by atoms with van der Waals surface area (Å²) in [5.41, 5.74) is 0.930. The van der Waals surface area contributed by atoms with Crippen LogP contribution in [0.5, 0.6) is 11.5 Å². The summed E-state index contributed by atoms with van der Waals surface area (Å²) in [7, 11) is 0. The van der Waals surface area contributed by atoms with Crippen LogP contribution >= 0.6 is 0 Å². The Hall–Kier alpha value is -3.02. The van der Waals surface area contributed by atoms with Crippen LogP contribution in [0, 0.1) is 0 Å². The van der Waals surface area contributed by atoms with Gasteiger partial charge in [0, 0.05) is 5.69 Å². The molecule has 110 valence electrons. The first-order chi connectivity index (χ1) is 10.9. The first-order valence-corrected chi connectivity index (χ1v) is 7.01. The third-order valence-corrected chi connectivity index (χ3v) is 3.35. The van der Waals surface area contributed by atoms with E-state index in [4.69, 9.17) is 9.47 Å². The molecule has 22 heavy (non-hydrogen) atoms. The molecule has 2 aromatic carbocycles. The molecule has 0 amide bonds. The van der Waals surface area contributed by atoms with Gasteiger partial charge in [-0.3, -0.25) is 5.10 Å². The summed E-state index contributed by atoms with van der Waals surface area (Å²) in [6.45, 7) is 0.400. The van der Waals surface area contributed by atoms with E-state index in [1.807, 2.05) is 54.6 Å². The van der Waals surface area contributed by atoms with E-state index >= 15 is 0 Å². The molecule has 4 rings (SSSR count). The van der Waals surface area contributed by atoms with Gasteiger partial charge in [0.25, 0.3) is 0 Å². The first kappa shape index (κ1) is 12.7. The molecule has 2 N–H and O–H groups in total. The molecule has 0 saturated heterocycles. The number of aromatic amines is 1. The number of ether oxygens (including phenoxy) is 2. The first-order valence-electron chi connectivity index (χ1n) is 7.01. The highest BCUT2D eigenvalue weighted by Crippen LogP contribution is 2.35. The molecule has 0 fully saturated rings. The Morgan fingerprint density at radius 2 is 1.77 bits per heavy atom. The van der Waals surface area contributed by atoms with Gasteiger partial charge in [0.1, 0.15) is 6.61 Å². The minimum absolute atomic E-state index is 0.297. The number of hydrogen-bond donors (Lipinski definition) is 2. The predicted octanol–water partition coefficient (Wildman–Crippen LogP) is 3.06. The molecule has 0 bridgehead atoms.